The van der Waals surface area contributed by atoms with Gasteiger partial charge in [-0.2, -0.15) is 5.26 Å². The quantitative estimate of drug-likeness (QED) is 0.426. The van der Waals surface area contributed by atoms with Gasteiger partial charge >= 0.3 is 0 Å². The van der Waals surface area contributed by atoms with E-state index in [1.165, 1.54) is 0 Å². The molecule has 3 rings (SSSR count). The first-order valence-corrected chi connectivity index (χ1v) is 5.19. The molecule has 0 heterocycles. The molecule has 1 saturated carbocycles. The van der Waals surface area contributed by atoms with Crippen LogP contribution < -0.4 is 0 Å². The van der Waals surface area contributed by atoms with Crippen molar-refractivity contribution >= 4 is 11.6 Å². The second-order valence-corrected chi connectivity index (χ2v) is 4.78. The molecule has 1 fully saturated rings. The van der Waals surface area contributed by atoms with Gasteiger partial charge in [0.25, 0.3) is 0 Å². The maximum Gasteiger partial charge on any atom is 0.0947 e. The molecular formula is C11H10ClN. The number of hydrogen-bond acceptors (Lipinski definition) is 1. The monoisotopic (exact) mass is 191 g/mol. The molecule has 13 heavy (non-hydrogen) atoms. The molecule has 66 valence electrons. The van der Waals surface area contributed by atoms with Crippen molar-refractivity contribution in [2.45, 2.75) is 11.8 Å². The molecule has 0 radical (unpaired) electrons. The van der Waals surface area contributed by atoms with Crippen molar-refractivity contribution in [3.63, 3.8) is 0 Å². The van der Waals surface area contributed by atoms with Crippen LogP contribution in [0.2, 0.25) is 0 Å². The van der Waals surface area contributed by atoms with E-state index in [1.807, 2.05) is 0 Å². The Labute approximate surface area is 82.7 Å². The summed E-state index contributed by atoms with van der Waals surface area (Å²) in [5.41, 5.74) is 0.932. The normalized spacial score (nSPS) is 50.5. The standard InChI is InChI=1S/C11H10ClN/c12-9-4-7-2-1-6-3-8(5-13)11(9)10(6)7/h1-3,6-7,9-11H,4H2/t6-,7+,9-,10+,11-/m0/s1. The van der Waals surface area contributed by atoms with Crippen LogP contribution in [0.1, 0.15) is 6.42 Å². The van der Waals surface area contributed by atoms with E-state index in [2.05, 4.69) is 24.3 Å². The summed E-state index contributed by atoms with van der Waals surface area (Å²) in [5.74, 6) is 2.11. The van der Waals surface area contributed by atoms with E-state index < -0.39 is 0 Å². The van der Waals surface area contributed by atoms with Gasteiger partial charge in [-0.1, -0.05) is 18.2 Å². The van der Waals surface area contributed by atoms with Gasteiger partial charge in [0.1, 0.15) is 0 Å². The molecule has 2 heteroatoms. The summed E-state index contributed by atoms with van der Waals surface area (Å²) in [5, 5.41) is 9.15. The largest absolute Gasteiger partial charge is 0.193 e. The van der Waals surface area contributed by atoms with Crippen LogP contribution in [0.25, 0.3) is 0 Å². The Morgan fingerprint density at radius 2 is 2.31 bits per heavy atom. The van der Waals surface area contributed by atoms with E-state index in [9.17, 15) is 0 Å². The fourth-order valence-electron chi connectivity index (χ4n) is 3.20. The number of nitrogens with zero attached hydrogens (tertiary/aromatic N) is 1. The Balaban J connectivity index is 2.07. The summed E-state index contributed by atoms with van der Waals surface area (Å²) in [6, 6.07) is 2.29. The van der Waals surface area contributed by atoms with Crippen molar-refractivity contribution in [2.24, 2.45) is 23.7 Å². The molecule has 0 N–H and O–H groups in total. The lowest BCUT2D eigenvalue weighted by Crippen LogP contribution is -2.15. The Morgan fingerprint density at radius 3 is 3.08 bits per heavy atom. The second-order valence-electron chi connectivity index (χ2n) is 4.21. The number of hydrogen-bond donors (Lipinski definition) is 0. The minimum absolute atomic E-state index is 0.191. The van der Waals surface area contributed by atoms with Gasteiger partial charge in [0.05, 0.1) is 6.07 Å². The maximum absolute atomic E-state index is 8.96. The van der Waals surface area contributed by atoms with Crippen LogP contribution in [0.4, 0.5) is 0 Å². The van der Waals surface area contributed by atoms with Gasteiger partial charge in [0, 0.05) is 22.8 Å². The van der Waals surface area contributed by atoms with Crippen LogP contribution in [0.5, 0.6) is 0 Å². The van der Waals surface area contributed by atoms with Crippen molar-refractivity contribution in [2.75, 3.05) is 0 Å². The van der Waals surface area contributed by atoms with E-state index in [4.69, 9.17) is 16.9 Å². The van der Waals surface area contributed by atoms with Crippen LogP contribution in [0.3, 0.4) is 0 Å². The van der Waals surface area contributed by atoms with Crippen LogP contribution >= 0.6 is 11.6 Å². The predicted octanol–water partition coefficient (Wildman–Crippen LogP) is 2.50. The second kappa shape index (κ2) is 2.39. The van der Waals surface area contributed by atoms with E-state index in [1.54, 1.807) is 0 Å². The van der Waals surface area contributed by atoms with Crippen molar-refractivity contribution in [3.05, 3.63) is 23.8 Å². The minimum Gasteiger partial charge on any atom is -0.193 e. The molecule has 0 saturated heterocycles. The van der Waals surface area contributed by atoms with Gasteiger partial charge in [-0.15, -0.1) is 11.6 Å². The van der Waals surface area contributed by atoms with Gasteiger partial charge in [-0.05, 0) is 18.3 Å². The lowest BCUT2D eigenvalue weighted by atomic mass is 9.88. The molecule has 0 amide bonds. The lowest BCUT2D eigenvalue weighted by Gasteiger charge is -2.16. The number of alkyl halides is 1. The molecule has 0 aromatic heterocycles. The first kappa shape index (κ1) is 7.64. The molecule has 0 aromatic rings. The predicted molar refractivity (Wildman–Crippen MR) is 51.1 cm³/mol. The van der Waals surface area contributed by atoms with Gasteiger partial charge < -0.3 is 0 Å². The third-order valence-electron chi connectivity index (χ3n) is 3.68. The zero-order valence-electron chi connectivity index (χ0n) is 7.15. The van der Waals surface area contributed by atoms with Crippen molar-refractivity contribution in [1.29, 1.82) is 5.26 Å². The van der Waals surface area contributed by atoms with Crippen molar-refractivity contribution < 1.29 is 0 Å². The maximum atomic E-state index is 8.96. The summed E-state index contributed by atoms with van der Waals surface area (Å²) < 4.78 is 0. The van der Waals surface area contributed by atoms with Crippen molar-refractivity contribution in [3.8, 4) is 6.07 Å². The molecule has 3 aliphatic rings. The fourth-order valence-corrected chi connectivity index (χ4v) is 3.71. The molecule has 3 aliphatic carbocycles. The summed E-state index contributed by atoms with van der Waals surface area (Å²) in [7, 11) is 0. The lowest BCUT2D eigenvalue weighted by molar-refractivity contribution is 0.394. The molecule has 1 nitrogen and oxygen atoms in total. The van der Waals surface area contributed by atoms with Gasteiger partial charge in [0.15, 0.2) is 0 Å². The average molecular weight is 192 g/mol. The minimum atomic E-state index is 0.191. The number of nitriles is 1. The summed E-state index contributed by atoms with van der Waals surface area (Å²) in [6.45, 7) is 0. The first-order chi connectivity index (χ1) is 6.31. The molecule has 0 bridgehead atoms. The molecule has 5 atom stereocenters. The van der Waals surface area contributed by atoms with E-state index >= 15 is 0 Å². The van der Waals surface area contributed by atoms with Crippen LogP contribution in [0, 0.1) is 35.0 Å². The molecule has 0 aromatic carbocycles. The third kappa shape index (κ3) is 0.823. The SMILES string of the molecule is N#CC1=C[C@@H]2C=C[C@@H]3C[C@H](Cl)[C@H]1[C@H]23. The molecule has 0 aliphatic heterocycles. The molecule has 0 unspecified atom stereocenters. The number of allylic oxidation sites excluding steroid dienone is 4. The first-order valence-electron chi connectivity index (χ1n) is 4.75. The van der Waals surface area contributed by atoms with E-state index in [0.29, 0.717) is 23.7 Å². The zero-order valence-corrected chi connectivity index (χ0v) is 7.91. The van der Waals surface area contributed by atoms with Crippen LogP contribution in [0.15, 0.2) is 23.8 Å². The van der Waals surface area contributed by atoms with Crippen LogP contribution in [-0.2, 0) is 0 Å². The summed E-state index contributed by atoms with van der Waals surface area (Å²) in [4.78, 5) is 0. The highest BCUT2D eigenvalue weighted by atomic mass is 35.5. The molecular weight excluding hydrogens is 182 g/mol. The Kier molecular flexibility index (Phi) is 1.41. The summed E-state index contributed by atoms with van der Waals surface area (Å²) >= 11 is 6.25. The highest BCUT2D eigenvalue weighted by Gasteiger charge is 2.51. The molecule has 0 spiro atoms. The smallest absolute Gasteiger partial charge is 0.0947 e. The van der Waals surface area contributed by atoms with Gasteiger partial charge in [-0.25, -0.2) is 0 Å². The highest BCUT2D eigenvalue weighted by Crippen LogP contribution is 2.56. The van der Waals surface area contributed by atoms with E-state index in [0.717, 1.165) is 12.0 Å². The van der Waals surface area contributed by atoms with Crippen LogP contribution in [-0.4, -0.2) is 5.38 Å². The number of rotatable bonds is 0. The Hall–Kier alpha value is -0.740. The van der Waals surface area contributed by atoms with Crippen molar-refractivity contribution in [1.82, 2.24) is 0 Å². The fraction of sp³-hybridized carbons (Fsp3) is 0.545. The third-order valence-corrected chi connectivity index (χ3v) is 4.13. The Morgan fingerprint density at radius 1 is 1.46 bits per heavy atom. The van der Waals surface area contributed by atoms with Gasteiger partial charge in [-0.3, -0.25) is 0 Å². The van der Waals surface area contributed by atoms with E-state index in [-0.39, 0.29) is 5.38 Å². The summed E-state index contributed by atoms with van der Waals surface area (Å²) in [6.07, 6.45) is 7.70. The van der Waals surface area contributed by atoms with Gasteiger partial charge in [0.2, 0.25) is 0 Å². The zero-order chi connectivity index (χ0) is 9.00. The Bertz CT molecular complexity index is 350. The average Bonchev–Trinajstić information content (AvgIpc) is 2.70. The topological polar surface area (TPSA) is 23.8 Å². The highest BCUT2D eigenvalue weighted by molar-refractivity contribution is 6.21. The number of halogens is 1.